The van der Waals surface area contributed by atoms with Gasteiger partial charge in [0.15, 0.2) is 0 Å². The number of benzene rings is 1. The van der Waals surface area contributed by atoms with Gasteiger partial charge in [-0.2, -0.15) is 0 Å². The van der Waals surface area contributed by atoms with Crippen LogP contribution in [0, 0.1) is 0 Å². The van der Waals surface area contributed by atoms with E-state index < -0.39 is 17.9 Å². The van der Waals surface area contributed by atoms with Gasteiger partial charge in [0.05, 0.1) is 5.56 Å². The lowest BCUT2D eigenvalue weighted by Crippen LogP contribution is -2.46. The molecular formula is C15H20N2O5. The van der Waals surface area contributed by atoms with Gasteiger partial charge >= 0.3 is 5.97 Å². The number of para-hydroxylation sites is 1. The van der Waals surface area contributed by atoms with Crippen LogP contribution in [0.1, 0.15) is 36.5 Å². The van der Waals surface area contributed by atoms with Gasteiger partial charge in [-0.15, -0.1) is 0 Å². The third-order valence-electron chi connectivity index (χ3n) is 3.05. The van der Waals surface area contributed by atoms with Gasteiger partial charge in [0.1, 0.15) is 11.8 Å². The number of aromatic hydroxyl groups is 1. The molecule has 0 radical (unpaired) electrons. The summed E-state index contributed by atoms with van der Waals surface area (Å²) in [5.41, 5.74) is 0.0969. The van der Waals surface area contributed by atoms with Crippen LogP contribution >= 0.6 is 0 Å². The zero-order valence-electron chi connectivity index (χ0n) is 12.3. The number of aliphatic carboxylic acids is 1. The Morgan fingerprint density at radius 3 is 2.50 bits per heavy atom. The predicted molar refractivity (Wildman–Crippen MR) is 79.5 cm³/mol. The van der Waals surface area contributed by atoms with Crippen molar-refractivity contribution < 1.29 is 24.6 Å². The Bertz CT molecular complexity index is 544. The van der Waals surface area contributed by atoms with Crippen LogP contribution in [0.3, 0.4) is 0 Å². The molecule has 0 spiro atoms. The van der Waals surface area contributed by atoms with Crippen LogP contribution < -0.4 is 10.6 Å². The van der Waals surface area contributed by atoms with Gasteiger partial charge in [0, 0.05) is 13.0 Å². The molecule has 22 heavy (non-hydrogen) atoms. The Hall–Kier alpha value is -2.57. The maximum atomic E-state index is 12.0. The summed E-state index contributed by atoms with van der Waals surface area (Å²) in [7, 11) is 0. The average Bonchev–Trinajstić information content (AvgIpc) is 2.49. The molecule has 1 unspecified atom stereocenters. The SMILES string of the molecule is CCC(NC(=O)c1ccccc1O)C(=O)NCCCC(=O)O. The zero-order chi connectivity index (χ0) is 16.5. The normalized spacial score (nSPS) is 11.5. The minimum Gasteiger partial charge on any atom is -0.507 e. The minimum atomic E-state index is -0.922. The van der Waals surface area contributed by atoms with Crippen molar-refractivity contribution in [3.05, 3.63) is 29.8 Å². The molecule has 7 heteroatoms. The molecule has 120 valence electrons. The molecule has 1 aromatic rings. The average molecular weight is 308 g/mol. The first-order valence-corrected chi connectivity index (χ1v) is 7.04. The van der Waals surface area contributed by atoms with Crippen LogP contribution in [-0.2, 0) is 9.59 Å². The van der Waals surface area contributed by atoms with Gasteiger partial charge in [0.2, 0.25) is 5.91 Å². The molecule has 0 aliphatic rings. The summed E-state index contributed by atoms with van der Waals surface area (Å²) in [6, 6.07) is 5.32. The van der Waals surface area contributed by atoms with Crippen LogP contribution in [0.4, 0.5) is 0 Å². The van der Waals surface area contributed by atoms with E-state index in [0.717, 1.165) is 0 Å². The first-order chi connectivity index (χ1) is 10.5. The maximum absolute atomic E-state index is 12.0. The number of rotatable bonds is 8. The summed E-state index contributed by atoms with van der Waals surface area (Å²) < 4.78 is 0. The topological polar surface area (TPSA) is 116 Å². The van der Waals surface area contributed by atoms with Crippen LogP contribution in [0.5, 0.6) is 5.75 Å². The summed E-state index contributed by atoms with van der Waals surface area (Å²) in [4.78, 5) is 34.3. The third-order valence-corrected chi connectivity index (χ3v) is 3.05. The fourth-order valence-corrected chi connectivity index (χ4v) is 1.83. The Balaban J connectivity index is 2.53. The molecule has 2 amide bonds. The Kier molecular flexibility index (Phi) is 6.88. The number of hydrogen-bond donors (Lipinski definition) is 4. The largest absolute Gasteiger partial charge is 0.507 e. The van der Waals surface area contributed by atoms with E-state index >= 15 is 0 Å². The van der Waals surface area contributed by atoms with Crippen molar-refractivity contribution in [2.24, 2.45) is 0 Å². The molecule has 0 bridgehead atoms. The van der Waals surface area contributed by atoms with Crippen molar-refractivity contribution in [2.75, 3.05) is 6.54 Å². The molecule has 0 aromatic heterocycles. The minimum absolute atomic E-state index is 0.0265. The molecule has 4 N–H and O–H groups in total. The van der Waals surface area contributed by atoms with Gasteiger partial charge in [-0.25, -0.2) is 0 Å². The van der Waals surface area contributed by atoms with Crippen molar-refractivity contribution in [2.45, 2.75) is 32.2 Å². The molecule has 0 saturated heterocycles. The molecule has 7 nitrogen and oxygen atoms in total. The molecular weight excluding hydrogens is 288 g/mol. The molecule has 0 aliphatic carbocycles. The molecule has 0 fully saturated rings. The lowest BCUT2D eigenvalue weighted by Gasteiger charge is -2.17. The second-order valence-corrected chi connectivity index (χ2v) is 4.74. The molecule has 0 saturated carbocycles. The number of nitrogens with one attached hydrogen (secondary N) is 2. The highest BCUT2D eigenvalue weighted by molar-refractivity contribution is 5.99. The zero-order valence-corrected chi connectivity index (χ0v) is 12.3. The van der Waals surface area contributed by atoms with E-state index in [1.54, 1.807) is 19.1 Å². The van der Waals surface area contributed by atoms with Gasteiger partial charge in [-0.3, -0.25) is 14.4 Å². The Morgan fingerprint density at radius 1 is 1.23 bits per heavy atom. The molecule has 0 heterocycles. The lowest BCUT2D eigenvalue weighted by molar-refractivity contribution is -0.137. The number of phenols is 1. The first kappa shape index (κ1) is 17.5. The lowest BCUT2D eigenvalue weighted by atomic mass is 10.1. The van der Waals surface area contributed by atoms with E-state index in [1.165, 1.54) is 12.1 Å². The second kappa shape index (κ2) is 8.66. The smallest absolute Gasteiger partial charge is 0.303 e. The Morgan fingerprint density at radius 2 is 1.91 bits per heavy atom. The van der Waals surface area contributed by atoms with Crippen LogP contribution in [0.2, 0.25) is 0 Å². The van der Waals surface area contributed by atoms with E-state index in [4.69, 9.17) is 5.11 Å². The van der Waals surface area contributed by atoms with Crippen molar-refractivity contribution in [1.29, 1.82) is 0 Å². The number of amides is 2. The van der Waals surface area contributed by atoms with Crippen LogP contribution in [-0.4, -0.2) is 40.6 Å². The molecule has 1 rings (SSSR count). The summed E-state index contributed by atoms with van der Waals surface area (Å²) >= 11 is 0. The predicted octanol–water partition coefficient (Wildman–Crippen LogP) is 0.882. The van der Waals surface area contributed by atoms with E-state index in [9.17, 15) is 19.5 Å². The van der Waals surface area contributed by atoms with Crippen molar-refractivity contribution in [3.8, 4) is 5.75 Å². The Labute approximate surface area is 128 Å². The number of carboxylic acid groups (broad SMARTS) is 1. The van der Waals surface area contributed by atoms with Crippen molar-refractivity contribution >= 4 is 17.8 Å². The van der Waals surface area contributed by atoms with Gasteiger partial charge in [-0.1, -0.05) is 19.1 Å². The van der Waals surface area contributed by atoms with Crippen LogP contribution in [0.25, 0.3) is 0 Å². The first-order valence-electron chi connectivity index (χ1n) is 7.04. The highest BCUT2D eigenvalue weighted by Crippen LogP contribution is 2.15. The van der Waals surface area contributed by atoms with Crippen molar-refractivity contribution in [3.63, 3.8) is 0 Å². The monoisotopic (exact) mass is 308 g/mol. The van der Waals surface area contributed by atoms with E-state index in [0.29, 0.717) is 12.8 Å². The number of carboxylic acids is 1. The maximum Gasteiger partial charge on any atom is 0.303 e. The van der Waals surface area contributed by atoms with E-state index in [1.807, 2.05) is 0 Å². The quantitative estimate of drug-likeness (QED) is 0.532. The summed E-state index contributed by atoms with van der Waals surface area (Å²) in [6.07, 6.45) is 0.677. The van der Waals surface area contributed by atoms with Gasteiger partial charge in [-0.05, 0) is 25.0 Å². The van der Waals surface area contributed by atoms with Gasteiger partial charge < -0.3 is 20.8 Å². The summed E-state index contributed by atoms with van der Waals surface area (Å²) in [5, 5.41) is 23.3. The number of hydrogen-bond acceptors (Lipinski definition) is 4. The van der Waals surface area contributed by atoms with Gasteiger partial charge in [0.25, 0.3) is 5.91 Å². The summed E-state index contributed by atoms with van der Waals surface area (Å²) in [5.74, 6) is -1.99. The van der Waals surface area contributed by atoms with E-state index in [-0.39, 0.29) is 30.2 Å². The molecule has 0 aliphatic heterocycles. The highest BCUT2D eigenvalue weighted by atomic mass is 16.4. The fraction of sp³-hybridized carbons (Fsp3) is 0.400. The molecule has 1 aromatic carbocycles. The third kappa shape index (κ3) is 5.43. The van der Waals surface area contributed by atoms with Crippen LogP contribution in [0.15, 0.2) is 24.3 Å². The number of carbonyl (C=O) groups excluding carboxylic acids is 2. The van der Waals surface area contributed by atoms with Crippen molar-refractivity contribution in [1.82, 2.24) is 10.6 Å². The number of carbonyl (C=O) groups is 3. The summed E-state index contributed by atoms with van der Waals surface area (Å²) in [6.45, 7) is 1.97. The standard InChI is InChI=1S/C15H20N2O5/c1-2-11(15(22)16-9-5-8-13(19)20)17-14(21)10-6-3-4-7-12(10)18/h3-4,6-7,11,18H,2,5,8-9H2,1H3,(H,16,22)(H,17,21)(H,19,20). The second-order valence-electron chi connectivity index (χ2n) is 4.74. The fourth-order valence-electron chi connectivity index (χ4n) is 1.83. The van der Waals surface area contributed by atoms with E-state index in [2.05, 4.69) is 10.6 Å². The number of phenolic OH excluding ortho intramolecular Hbond substituents is 1. The highest BCUT2D eigenvalue weighted by Gasteiger charge is 2.20. The molecule has 1 atom stereocenters.